The fraction of sp³-hybridized carbons (Fsp3) is 0.188. The Labute approximate surface area is 117 Å². The number of aromatic nitrogens is 2. The van der Waals surface area contributed by atoms with E-state index < -0.39 is 0 Å². The number of methoxy groups -OCH3 is 1. The lowest BCUT2D eigenvalue weighted by atomic mass is 10.1. The van der Waals surface area contributed by atoms with Crippen LogP contribution in [0.15, 0.2) is 48.7 Å². The molecular formula is C16H17N3O. The van der Waals surface area contributed by atoms with Crippen LogP contribution in [-0.4, -0.2) is 16.7 Å². The molecule has 0 fully saturated rings. The van der Waals surface area contributed by atoms with Crippen molar-refractivity contribution in [3.05, 3.63) is 59.9 Å². The molecule has 0 unspecified atom stereocenters. The maximum Gasteiger partial charge on any atom is 0.213 e. The summed E-state index contributed by atoms with van der Waals surface area (Å²) >= 11 is 0. The van der Waals surface area contributed by atoms with E-state index in [9.17, 15) is 0 Å². The van der Waals surface area contributed by atoms with Crippen LogP contribution in [-0.2, 0) is 13.1 Å². The minimum atomic E-state index is 0.554. The van der Waals surface area contributed by atoms with E-state index >= 15 is 0 Å². The van der Waals surface area contributed by atoms with E-state index in [1.807, 2.05) is 18.2 Å². The maximum absolute atomic E-state index is 5.71. The topological polar surface area (TPSA) is 53.1 Å². The van der Waals surface area contributed by atoms with Gasteiger partial charge in [-0.05, 0) is 29.1 Å². The summed E-state index contributed by atoms with van der Waals surface area (Å²) in [5.41, 5.74) is 9.00. The first-order chi connectivity index (χ1) is 9.80. The van der Waals surface area contributed by atoms with Gasteiger partial charge in [-0.25, -0.2) is 4.98 Å². The van der Waals surface area contributed by atoms with Crippen LogP contribution in [0.4, 0.5) is 0 Å². The van der Waals surface area contributed by atoms with Crippen LogP contribution in [0.1, 0.15) is 11.3 Å². The summed E-state index contributed by atoms with van der Waals surface area (Å²) in [5.74, 6) is 0.640. The second-order valence-corrected chi connectivity index (χ2v) is 4.71. The minimum Gasteiger partial charge on any atom is -0.481 e. The summed E-state index contributed by atoms with van der Waals surface area (Å²) in [7, 11) is 1.63. The van der Waals surface area contributed by atoms with Crippen LogP contribution < -0.4 is 10.5 Å². The molecule has 20 heavy (non-hydrogen) atoms. The first-order valence-corrected chi connectivity index (χ1v) is 6.58. The average Bonchev–Trinajstić information content (AvgIpc) is 2.89. The molecule has 2 heterocycles. The predicted molar refractivity (Wildman–Crippen MR) is 79.7 cm³/mol. The summed E-state index contributed by atoms with van der Waals surface area (Å²) in [5, 5.41) is 1.21. The predicted octanol–water partition coefficient (Wildman–Crippen LogP) is 2.55. The number of nitrogens with zero attached hydrogens (tertiary/aromatic N) is 2. The fourth-order valence-electron chi connectivity index (χ4n) is 2.33. The van der Waals surface area contributed by atoms with Crippen molar-refractivity contribution in [3.63, 3.8) is 0 Å². The lowest BCUT2D eigenvalue weighted by Gasteiger charge is -2.07. The number of benzene rings is 1. The smallest absolute Gasteiger partial charge is 0.213 e. The molecule has 0 atom stereocenters. The minimum absolute atomic E-state index is 0.554. The number of hydrogen-bond donors (Lipinski definition) is 1. The first kappa shape index (κ1) is 12.7. The number of fused-ring (bicyclic) bond motifs is 1. The van der Waals surface area contributed by atoms with Gasteiger partial charge in [-0.3, -0.25) is 0 Å². The van der Waals surface area contributed by atoms with E-state index in [0.717, 1.165) is 11.3 Å². The van der Waals surface area contributed by atoms with Crippen LogP contribution in [0.2, 0.25) is 0 Å². The molecule has 4 nitrogen and oxygen atoms in total. The Morgan fingerprint density at radius 3 is 2.90 bits per heavy atom. The highest BCUT2D eigenvalue weighted by Gasteiger charge is 2.04. The van der Waals surface area contributed by atoms with Gasteiger partial charge in [0.2, 0.25) is 5.88 Å². The van der Waals surface area contributed by atoms with Crippen LogP contribution in [0, 0.1) is 0 Å². The van der Waals surface area contributed by atoms with E-state index in [0.29, 0.717) is 19.0 Å². The van der Waals surface area contributed by atoms with Crippen LogP contribution >= 0.6 is 0 Å². The van der Waals surface area contributed by atoms with Crippen molar-refractivity contribution in [2.45, 2.75) is 13.1 Å². The molecule has 0 spiro atoms. The van der Waals surface area contributed by atoms with Crippen LogP contribution in [0.3, 0.4) is 0 Å². The van der Waals surface area contributed by atoms with Gasteiger partial charge in [-0.2, -0.15) is 0 Å². The molecule has 0 saturated carbocycles. The molecule has 0 aliphatic rings. The molecule has 3 aromatic rings. The zero-order valence-electron chi connectivity index (χ0n) is 11.4. The largest absolute Gasteiger partial charge is 0.481 e. The second-order valence-electron chi connectivity index (χ2n) is 4.71. The Hall–Kier alpha value is -2.33. The molecule has 1 aromatic carbocycles. The third kappa shape index (κ3) is 2.38. The van der Waals surface area contributed by atoms with Crippen LogP contribution in [0.5, 0.6) is 5.88 Å². The van der Waals surface area contributed by atoms with Crippen molar-refractivity contribution in [2.75, 3.05) is 7.11 Å². The Kier molecular flexibility index (Phi) is 3.39. The van der Waals surface area contributed by atoms with E-state index in [1.54, 1.807) is 7.11 Å². The number of pyridine rings is 1. The van der Waals surface area contributed by atoms with Gasteiger partial charge in [0.1, 0.15) is 0 Å². The van der Waals surface area contributed by atoms with E-state index in [2.05, 4.69) is 40.0 Å². The standard InChI is InChI=1S/C16H17N3O/c1-20-16-4-2-3-14(18-16)11-19-8-7-13-6-5-12(10-17)9-15(13)19/h2-9H,10-11,17H2,1H3. The molecule has 3 rings (SSSR count). The zero-order valence-corrected chi connectivity index (χ0v) is 11.4. The lowest BCUT2D eigenvalue weighted by molar-refractivity contribution is 0.396. The Morgan fingerprint density at radius 2 is 2.10 bits per heavy atom. The van der Waals surface area contributed by atoms with E-state index in [1.165, 1.54) is 10.9 Å². The zero-order chi connectivity index (χ0) is 13.9. The van der Waals surface area contributed by atoms with E-state index in [-0.39, 0.29) is 0 Å². The SMILES string of the molecule is COc1cccc(Cn2ccc3ccc(CN)cc32)n1. The van der Waals surface area contributed by atoms with Gasteiger partial charge in [0, 0.05) is 24.3 Å². The summed E-state index contributed by atoms with van der Waals surface area (Å²) < 4.78 is 7.34. The molecular weight excluding hydrogens is 250 g/mol. The van der Waals surface area contributed by atoms with Gasteiger partial charge in [-0.15, -0.1) is 0 Å². The van der Waals surface area contributed by atoms with Gasteiger partial charge < -0.3 is 15.0 Å². The number of ether oxygens (including phenoxy) is 1. The van der Waals surface area contributed by atoms with Crippen molar-refractivity contribution < 1.29 is 4.74 Å². The summed E-state index contributed by atoms with van der Waals surface area (Å²) in [6.07, 6.45) is 2.08. The number of hydrogen-bond acceptors (Lipinski definition) is 3. The molecule has 102 valence electrons. The Morgan fingerprint density at radius 1 is 1.20 bits per heavy atom. The molecule has 0 bridgehead atoms. The summed E-state index contributed by atoms with van der Waals surface area (Å²) in [6.45, 7) is 1.27. The molecule has 0 aliphatic carbocycles. The molecule has 0 amide bonds. The molecule has 0 aliphatic heterocycles. The quantitative estimate of drug-likeness (QED) is 0.790. The van der Waals surface area contributed by atoms with Gasteiger partial charge in [0.05, 0.1) is 19.3 Å². The van der Waals surface area contributed by atoms with Gasteiger partial charge in [0.15, 0.2) is 0 Å². The second kappa shape index (κ2) is 5.35. The fourth-order valence-corrected chi connectivity index (χ4v) is 2.33. The highest BCUT2D eigenvalue weighted by molar-refractivity contribution is 5.80. The van der Waals surface area contributed by atoms with Crippen molar-refractivity contribution in [2.24, 2.45) is 5.73 Å². The third-order valence-electron chi connectivity index (χ3n) is 3.40. The summed E-state index contributed by atoms with van der Waals surface area (Å²) in [6, 6.07) is 14.2. The monoisotopic (exact) mass is 267 g/mol. The lowest BCUT2D eigenvalue weighted by Crippen LogP contribution is -2.02. The highest BCUT2D eigenvalue weighted by atomic mass is 16.5. The van der Waals surface area contributed by atoms with Gasteiger partial charge >= 0.3 is 0 Å². The number of nitrogens with two attached hydrogens (primary N) is 1. The molecule has 0 radical (unpaired) electrons. The van der Waals surface area contributed by atoms with Crippen molar-refractivity contribution in [3.8, 4) is 5.88 Å². The third-order valence-corrected chi connectivity index (χ3v) is 3.40. The van der Waals surface area contributed by atoms with Crippen molar-refractivity contribution >= 4 is 10.9 Å². The van der Waals surface area contributed by atoms with Crippen molar-refractivity contribution in [1.29, 1.82) is 0 Å². The average molecular weight is 267 g/mol. The van der Waals surface area contributed by atoms with E-state index in [4.69, 9.17) is 10.5 Å². The molecule has 0 saturated heterocycles. The molecule has 2 N–H and O–H groups in total. The maximum atomic E-state index is 5.71. The van der Waals surface area contributed by atoms with Crippen LogP contribution in [0.25, 0.3) is 10.9 Å². The summed E-state index contributed by atoms with van der Waals surface area (Å²) in [4.78, 5) is 4.45. The van der Waals surface area contributed by atoms with Crippen molar-refractivity contribution in [1.82, 2.24) is 9.55 Å². The highest BCUT2D eigenvalue weighted by Crippen LogP contribution is 2.19. The van der Waals surface area contributed by atoms with Gasteiger partial charge in [0.25, 0.3) is 0 Å². The molecule has 4 heteroatoms. The molecule has 2 aromatic heterocycles. The number of rotatable bonds is 4. The first-order valence-electron chi connectivity index (χ1n) is 6.58. The Bertz CT molecular complexity index is 733. The normalized spacial score (nSPS) is 10.9. The Balaban J connectivity index is 1.97. The van der Waals surface area contributed by atoms with Gasteiger partial charge in [-0.1, -0.05) is 18.2 Å².